The number of nitrogens with one attached hydrogen (secondary N) is 1. The number of rotatable bonds is 4. The number of H-pyrrole nitrogens is 1. The van der Waals surface area contributed by atoms with E-state index in [-0.39, 0.29) is 5.56 Å². The van der Waals surface area contributed by atoms with Crippen LogP contribution in [0.4, 0.5) is 0 Å². The third-order valence-corrected chi connectivity index (χ3v) is 5.60. The predicted molar refractivity (Wildman–Crippen MR) is 108 cm³/mol. The van der Waals surface area contributed by atoms with E-state index in [2.05, 4.69) is 10.1 Å². The van der Waals surface area contributed by atoms with Crippen molar-refractivity contribution < 1.29 is 4.74 Å². The van der Waals surface area contributed by atoms with Crippen LogP contribution in [0.15, 0.2) is 35.1 Å². The number of nitrogens with zero attached hydrogens (tertiary/aromatic N) is 3. The van der Waals surface area contributed by atoms with Crippen molar-refractivity contribution in [3.05, 3.63) is 62.1 Å². The average Bonchev–Trinajstić information content (AvgIpc) is 3.16. The highest BCUT2D eigenvalue weighted by Gasteiger charge is 2.19. The molecule has 8 heteroatoms. The lowest BCUT2D eigenvalue weighted by molar-refractivity contribution is 0.181. The summed E-state index contributed by atoms with van der Waals surface area (Å²) in [7, 11) is 1.61. The van der Waals surface area contributed by atoms with Crippen LogP contribution in [0.3, 0.4) is 0 Å². The van der Waals surface area contributed by atoms with Crippen molar-refractivity contribution >= 4 is 28.6 Å². The standard InChI is InChI=1S/C19H17ClN4O2S/c1-10-18(27-11(2)21-10)14-8-16(25)24-19(22-14)17(15(23-24)9-26-3)12-4-6-13(20)7-5-12/h4-8,23H,9H2,1-3H3. The van der Waals surface area contributed by atoms with E-state index in [9.17, 15) is 4.79 Å². The maximum absolute atomic E-state index is 12.8. The highest BCUT2D eigenvalue weighted by atomic mass is 35.5. The van der Waals surface area contributed by atoms with Gasteiger partial charge in [0, 0.05) is 23.8 Å². The van der Waals surface area contributed by atoms with Crippen LogP contribution in [-0.2, 0) is 11.3 Å². The Labute approximate surface area is 164 Å². The van der Waals surface area contributed by atoms with Gasteiger partial charge in [-0.15, -0.1) is 11.3 Å². The van der Waals surface area contributed by atoms with E-state index in [1.54, 1.807) is 7.11 Å². The van der Waals surface area contributed by atoms with Gasteiger partial charge in [-0.05, 0) is 31.5 Å². The highest BCUT2D eigenvalue weighted by Crippen LogP contribution is 2.32. The van der Waals surface area contributed by atoms with E-state index in [1.165, 1.54) is 21.9 Å². The van der Waals surface area contributed by atoms with Crippen molar-refractivity contribution in [3.8, 4) is 21.7 Å². The lowest BCUT2D eigenvalue weighted by atomic mass is 10.1. The van der Waals surface area contributed by atoms with Gasteiger partial charge in [0.2, 0.25) is 0 Å². The van der Waals surface area contributed by atoms with Gasteiger partial charge in [-0.3, -0.25) is 9.89 Å². The lowest BCUT2D eigenvalue weighted by Gasteiger charge is -2.04. The first-order chi connectivity index (χ1) is 13.0. The molecule has 138 valence electrons. The number of fused-ring (bicyclic) bond motifs is 1. The van der Waals surface area contributed by atoms with Crippen LogP contribution < -0.4 is 5.56 Å². The monoisotopic (exact) mass is 400 g/mol. The summed E-state index contributed by atoms with van der Waals surface area (Å²) in [6.07, 6.45) is 0. The molecule has 0 radical (unpaired) electrons. The van der Waals surface area contributed by atoms with E-state index in [0.29, 0.717) is 23.0 Å². The van der Waals surface area contributed by atoms with Crippen LogP contribution in [0.2, 0.25) is 5.02 Å². The maximum Gasteiger partial charge on any atom is 0.273 e. The van der Waals surface area contributed by atoms with Gasteiger partial charge in [-0.2, -0.15) is 0 Å². The van der Waals surface area contributed by atoms with Gasteiger partial charge in [-0.1, -0.05) is 23.7 Å². The molecular weight excluding hydrogens is 384 g/mol. The zero-order chi connectivity index (χ0) is 19.1. The molecule has 4 rings (SSSR count). The van der Waals surface area contributed by atoms with Crippen LogP contribution in [0.5, 0.6) is 0 Å². The molecule has 0 aliphatic heterocycles. The molecule has 0 saturated heterocycles. The van der Waals surface area contributed by atoms with E-state index >= 15 is 0 Å². The van der Waals surface area contributed by atoms with Gasteiger partial charge >= 0.3 is 0 Å². The number of thiazole rings is 1. The summed E-state index contributed by atoms with van der Waals surface area (Å²) in [6, 6.07) is 8.98. The number of halogens is 1. The van der Waals surface area contributed by atoms with Gasteiger partial charge in [0.15, 0.2) is 5.65 Å². The predicted octanol–water partition coefficient (Wildman–Crippen LogP) is 4.23. The molecule has 1 N–H and O–H groups in total. The normalized spacial score (nSPS) is 11.4. The third kappa shape index (κ3) is 3.18. The summed E-state index contributed by atoms with van der Waals surface area (Å²) >= 11 is 7.56. The molecule has 27 heavy (non-hydrogen) atoms. The van der Waals surface area contributed by atoms with Crippen LogP contribution >= 0.6 is 22.9 Å². The first-order valence-corrected chi connectivity index (χ1v) is 9.51. The molecule has 0 unspecified atom stereocenters. The topological polar surface area (TPSA) is 72.3 Å². The van der Waals surface area contributed by atoms with Crippen molar-refractivity contribution in [2.75, 3.05) is 7.11 Å². The number of aromatic nitrogens is 4. The maximum atomic E-state index is 12.8. The molecule has 0 saturated carbocycles. The molecule has 0 aliphatic rings. The third-order valence-electron chi connectivity index (χ3n) is 4.25. The Morgan fingerprint density at radius 3 is 2.59 bits per heavy atom. The SMILES string of the molecule is COCc1[nH]n2c(=O)cc(-c3sc(C)nc3C)nc2c1-c1ccc(Cl)cc1. The van der Waals surface area contributed by atoms with Gasteiger partial charge in [0.25, 0.3) is 5.56 Å². The summed E-state index contributed by atoms with van der Waals surface area (Å²) in [6.45, 7) is 4.20. The van der Waals surface area contributed by atoms with E-state index in [0.717, 1.165) is 32.4 Å². The summed E-state index contributed by atoms with van der Waals surface area (Å²) in [5.74, 6) is 0. The quantitative estimate of drug-likeness (QED) is 0.556. The van der Waals surface area contributed by atoms with E-state index < -0.39 is 0 Å². The highest BCUT2D eigenvalue weighted by molar-refractivity contribution is 7.15. The number of ether oxygens (including phenoxy) is 1. The summed E-state index contributed by atoms with van der Waals surface area (Å²) in [4.78, 5) is 22.9. The molecule has 6 nitrogen and oxygen atoms in total. The Hall–Kier alpha value is -2.48. The second-order valence-electron chi connectivity index (χ2n) is 6.19. The van der Waals surface area contributed by atoms with Crippen molar-refractivity contribution in [3.63, 3.8) is 0 Å². The van der Waals surface area contributed by atoms with Gasteiger partial charge in [-0.25, -0.2) is 14.5 Å². The molecule has 1 aromatic carbocycles. The molecule has 0 amide bonds. The van der Waals surface area contributed by atoms with Gasteiger partial charge < -0.3 is 4.74 Å². The second kappa shape index (κ2) is 6.92. The van der Waals surface area contributed by atoms with Crippen molar-refractivity contribution in [1.29, 1.82) is 0 Å². The van der Waals surface area contributed by atoms with E-state index in [1.807, 2.05) is 38.1 Å². The largest absolute Gasteiger partial charge is 0.378 e. The van der Waals surface area contributed by atoms with Crippen LogP contribution in [0.25, 0.3) is 27.3 Å². The smallest absolute Gasteiger partial charge is 0.273 e. The Morgan fingerprint density at radius 2 is 1.96 bits per heavy atom. The minimum atomic E-state index is -0.182. The fourth-order valence-electron chi connectivity index (χ4n) is 3.14. The van der Waals surface area contributed by atoms with Crippen molar-refractivity contribution in [2.45, 2.75) is 20.5 Å². The van der Waals surface area contributed by atoms with Gasteiger partial charge in [0.05, 0.1) is 33.6 Å². The molecule has 0 bridgehead atoms. The van der Waals surface area contributed by atoms with E-state index in [4.69, 9.17) is 21.3 Å². The minimum Gasteiger partial charge on any atom is -0.378 e. The fraction of sp³-hybridized carbons (Fsp3) is 0.211. The number of aryl methyl sites for hydroxylation is 2. The Balaban J connectivity index is 2.02. The molecule has 0 aliphatic carbocycles. The van der Waals surface area contributed by atoms with Crippen molar-refractivity contribution in [1.82, 2.24) is 19.6 Å². The van der Waals surface area contributed by atoms with Gasteiger partial charge in [0.1, 0.15) is 0 Å². The molecule has 0 fully saturated rings. The molecule has 0 spiro atoms. The number of methoxy groups -OCH3 is 1. The first-order valence-electron chi connectivity index (χ1n) is 8.32. The zero-order valence-electron chi connectivity index (χ0n) is 15.0. The second-order valence-corrected chi connectivity index (χ2v) is 7.83. The Bertz CT molecular complexity index is 1190. The van der Waals surface area contributed by atoms with Crippen LogP contribution in [0.1, 0.15) is 16.4 Å². The number of hydrogen-bond acceptors (Lipinski definition) is 5. The summed E-state index contributed by atoms with van der Waals surface area (Å²) < 4.78 is 6.76. The average molecular weight is 401 g/mol. The zero-order valence-corrected chi connectivity index (χ0v) is 16.6. The Morgan fingerprint density at radius 1 is 1.22 bits per heavy atom. The van der Waals surface area contributed by atoms with Crippen LogP contribution in [0, 0.1) is 13.8 Å². The number of aromatic amines is 1. The molecule has 3 aromatic heterocycles. The molecule has 3 heterocycles. The summed E-state index contributed by atoms with van der Waals surface area (Å²) in [5, 5.41) is 4.70. The number of hydrogen-bond donors (Lipinski definition) is 1. The number of benzene rings is 1. The Kier molecular flexibility index (Phi) is 4.59. The van der Waals surface area contributed by atoms with Crippen molar-refractivity contribution in [2.24, 2.45) is 0 Å². The lowest BCUT2D eigenvalue weighted by Crippen LogP contribution is -2.14. The first kappa shape index (κ1) is 17.9. The molecular formula is C19H17ClN4O2S. The molecule has 4 aromatic rings. The minimum absolute atomic E-state index is 0.182. The summed E-state index contributed by atoms with van der Waals surface area (Å²) in [5.41, 5.74) is 4.38. The van der Waals surface area contributed by atoms with Crippen LogP contribution in [-0.4, -0.2) is 26.7 Å². The fourth-order valence-corrected chi connectivity index (χ4v) is 4.14. The molecule has 0 atom stereocenters.